The maximum absolute atomic E-state index is 11.1. The fraction of sp³-hybridized carbons (Fsp3) is 0.111. The van der Waals surface area contributed by atoms with Gasteiger partial charge in [0.05, 0.1) is 24.1 Å². The van der Waals surface area contributed by atoms with Crippen LogP contribution < -0.4 is 10.6 Å². The van der Waals surface area contributed by atoms with Crippen molar-refractivity contribution >= 4 is 28.3 Å². The van der Waals surface area contributed by atoms with Crippen LogP contribution in [0.25, 0.3) is 11.0 Å². The maximum atomic E-state index is 11.1. The van der Waals surface area contributed by atoms with Gasteiger partial charge in [0.15, 0.2) is 0 Å². The van der Waals surface area contributed by atoms with Crippen LogP contribution in [0.15, 0.2) is 18.5 Å². The molecule has 14 heavy (non-hydrogen) atoms. The van der Waals surface area contributed by atoms with E-state index in [2.05, 4.69) is 20.6 Å². The van der Waals surface area contributed by atoms with Crippen molar-refractivity contribution in [3.63, 3.8) is 0 Å². The average molecular weight is 188 g/mol. The van der Waals surface area contributed by atoms with Crippen molar-refractivity contribution in [2.45, 2.75) is 0 Å². The van der Waals surface area contributed by atoms with E-state index in [4.69, 9.17) is 0 Å². The Labute approximate surface area is 79.5 Å². The van der Waals surface area contributed by atoms with Crippen LogP contribution >= 0.6 is 0 Å². The summed E-state index contributed by atoms with van der Waals surface area (Å²) >= 11 is 0. The van der Waals surface area contributed by atoms with E-state index in [1.807, 2.05) is 12.3 Å². The van der Waals surface area contributed by atoms with Crippen LogP contribution in [-0.2, 0) is 4.79 Å². The topological polar surface area (TPSA) is 69.8 Å². The summed E-state index contributed by atoms with van der Waals surface area (Å²) in [6.07, 6.45) is 3.48. The molecule has 5 heteroatoms. The number of anilines is 2. The highest BCUT2D eigenvalue weighted by Gasteiger charge is 2.16. The first-order valence-corrected chi connectivity index (χ1v) is 4.34. The van der Waals surface area contributed by atoms with Gasteiger partial charge in [-0.15, -0.1) is 0 Å². The highest BCUT2D eigenvalue weighted by atomic mass is 16.2. The monoisotopic (exact) mass is 188 g/mol. The summed E-state index contributed by atoms with van der Waals surface area (Å²) < 4.78 is 0. The Morgan fingerprint density at radius 2 is 2.36 bits per heavy atom. The number of aromatic amines is 1. The zero-order valence-corrected chi connectivity index (χ0v) is 7.29. The van der Waals surface area contributed by atoms with Crippen molar-refractivity contribution in [3.05, 3.63) is 18.5 Å². The maximum Gasteiger partial charge on any atom is 0.243 e. The quantitative estimate of drug-likeness (QED) is 0.576. The lowest BCUT2D eigenvalue weighted by Crippen LogP contribution is -2.27. The third kappa shape index (κ3) is 0.891. The Hall–Kier alpha value is -2.04. The molecule has 0 saturated carbocycles. The lowest BCUT2D eigenvalue weighted by molar-refractivity contribution is -0.114. The molecule has 0 unspecified atom stereocenters. The van der Waals surface area contributed by atoms with Crippen molar-refractivity contribution in [1.29, 1.82) is 0 Å². The number of amides is 1. The van der Waals surface area contributed by atoms with Crippen LogP contribution in [0, 0.1) is 0 Å². The standard InChI is InChI=1S/C9H8N4O/c14-7-4-11-8-5-1-2-10-9(5)12-3-6(8)13-7/h1-3,11H,4H2,(H,10,12)(H,13,14). The van der Waals surface area contributed by atoms with Crippen LogP contribution in [0.1, 0.15) is 0 Å². The number of H-pyrrole nitrogens is 1. The van der Waals surface area contributed by atoms with Crippen molar-refractivity contribution < 1.29 is 4.79 Å². The smallest absolute Gasteiger partial charge is 0.243 e. The van der Waals surface area contributed by atoms with Gasteiger partial charge in [-0.1, -0.05) is 0 Å². The summed E-state index contributed by atoms with van der Waals surface area (Å²) in [7, 11) is 0. The fourth-order valence-corrected chi connectivity index (χ4v) is 1.66. The van der Waals surface area contributed by atoms with E-state index in [1.165, 1.54) is 0 Å². The summed E-state index contributed by atoms with van der Waals surface area (Å²) in [5.41, 5.74) is 2.51. The van der Waals surface area contributed by atoms with Crippen molar-refractivity contribution in [3.8, 4) is 0 Å². The van der Waals surface area contributed by atoms with Gasteiger partial charge in [0.25, 0.3) is 0 Å². The molecule has 0 spiro atoms. The molecule has 3 rings (SSSR count). The minimum Gasteiger partial charge on any atom is -0.374 e. The van der Waals surface area contributed by atoms with E-state index in [1.54, 1.807) is 6.20 Å². The average Bonchev–Trinajstić information content (AvgIpc) is 2.65. The lowest BCUT2D eigenvalue weighted by atomic mass is 10.2. The molecule has 0 radical (unpaired) electrons. The Kier molecular flexibility index (Phi) is 1.30. The second-order valence-electron chi connectivity index (χ2n) is 3.19. The normalized spacial score (nSPS) is 14.7. The Bertz CT molecular complexity index is 517. The molecule has 1 amide bonds. The van der Waals surface area contributed by atoms with Gasteiger partial charge in [0.2, 0.25) is 5.91 Å². The second kappa shape index (κ2) is 2.47. The van der Waals surface area contributed by atoms with Gasteiger partial charge in [0.1, 0.15) is 5.65 Å². The molecule has 2 aromatic heterocycles. The van der Waals surface area contributed by atoms with Crippen LogP contribution in [0.2, 0.25) is 0 Å². The molecule has 0 bridgehead atoms. The molecule has 3 heterocycles. The van der Waals surface area contributed by atoms with Crippen LogP contribution in [0.5, 0.6) is 0 Å². The number of carbonyl (C=O) groups excluding carboxylic acids is 1. The molecule has 2 aromatic rings. The first-order valence-electron chi connectivity index (χ1n) is 4.34. The van der Waals surface area contributed by atoms with Gasteiger partial charge in [-0.2, -0.15) is 0 Å². The molecular formula is C9H8N4O. The van der Waals surface area contributed by atoms with Gasteiger partial charge in [0, 0.05) is 11.6 Å². The first kappa shape index (κ1) is 7.37. The molecular weight excluding hydrogens is 180 g/mol. The number of fused-ring (bicyclic) bond motifs is 3. The molecule has 0 aromatic carbocycles. The fourth-order valence-electron chi connectivity index (χ4n) is 1.66. The van der Waals surface area contributed by atoms with Gasteiger partial charge in [-0.25, -0.2) is 4.98 Å². The summed E-state index contributed by atoms with van der Waals surface area (Å²) in [6, 6.07) is 1.94. The molecule has 1 aliphatic heterocycles. The first-order chi connectivity index (χ1) is 6.84. The Morgan fingerprint density at radius 3 is 3.29 bits per heavy atom. The molecule has 0 saturated heterocycles. The molecule has 0 atom stereocenters. The Morgan fingerprint density at radius 1 is 1.43 bits per heavy atom. The van der Waals surface area contributed by atoms with Crippen LogP contribution in [0.4, 0.5) is 11.4 Å². The molecule has 0 fully saturated rings. The molecule has 1 aliphatic rings. The minimum atomic E-state index is -0.0332. The number of hydrogen-bond acceptors (Lipinski definition) is 3. The number of aromatic nitrogens is 2. The van der Waals surface area contributed by atoms with Gasteiger partial charge >= 0.3 is 0 Å². The largest absolute Gasteiger partial charge is 0.374 e. The summed E-state index contributed by atoms with van der Waals surface area (Å²) in [6.45, 7) is 0.317. The number of carbonyl (C=O) groups is 1. The van der Waals surface area contributed by atoms with E-state index >= 15 is 0 Å². The molecule has 70 valence electrons. The third-order valence-electron chi connectivity index (χ3n) is 2.29. The number of rotatable bonds is 0. The zero-order valence-electron chi connectivity index (χ0n) is 7.29. The van der Waals surface area contributed by atoms with E-state index in [-0.39, 0.29) is 5.91 Å². The lowest BCUT2D eigenvalue weighted by Gasteiger charge is -2.18. The summed E-state index contributed by atoms with van der Waals surface area (Å²) in [4.78, 5) is 18.3. The summed E-state index contributed by atoms with van der Waals surface area (Å²) in [5.74, 6) is -0.0332. The number of nitrogens with one attached hydrogen (secondary N) is 3. The van der Waals surface area contributed by atoms with E-state index in [0.717, 1.165) is 22.4 Å². The van der Waals surface area contributed by atoms with E-state index < -0.39 is 0 Å². The van der Waals surface area contributed by atoms with E-state index in [9.17, 15) is 4.79 Å². The van der Waals surface area contributed by atoms with E-state index in [0.29, 0.717) is 6.54 Å². The van der Waals surface area contributed by atoms with Crippen molar-refractivity contribution in [1.82, 2.24) is 9.97 Å². The molecule has 3 N–H and O–H groups in total. The number of nitrogens with zero attached hydrogens (tertiary/aromatic N) is 1. The second-order valence-corrected chi connectivity index (χ2v) is 3.19. The van der Waals surface area contributed by atoms with Gasteiger partial charge < -0.3 is 15.6 Å². The highest BCUT2D eigenvalue weighted by molar-refractivity contribution is 6.07. The minimum absolute atomic E-state index is 0.0332. The Balaban J connectivity index is 2.29. The highest BCUT2D eigenvalue weighted by Crippen LogP contribution is 2.30. The van der Waals surface area contributed by atoms with Crippen LogP contribution in [0.3, 0.4) is 0 Å². The zero-order chi connectivity index (χ0) is 9.54. The van der Waals surface area contributed by atoms with Gasteiger partial charge in [-0.3, -0.25) is 4.79 Å². The van der Waals surface area contributed by atoms with Crippen LogP contribution in [-0.4, -0.2) is 22.4 Å². The number of pyridine rings is 1. The number of hydrogen-bond donors (Lipinski definition) is 3. The summed E-state index contributed by atoms with van der Waals surface area (Å²) in [5, 5.41) is 6.84. The molecule has 0 aliphatic carbocycles. The van der Waals surface area contributed by atoms with Crippen molar-refractivity contribution in [2.75, 3.05) is 17.2 Å². The predicted molar refractivity (Wildman–Crippen MR) is 53.2 cm³/mol. The van der Waals surface area contributed by atoms with Crippen molar-refractivity contribution in [2.24, 2.45) is 0 Å². The predicted octanol–water partition coefficient (Wildman–Crippen LogP) is 0.927. The molecule has 5 nitrogen and oxygen atoms in total. The SMILES string of the molecule is O=C1CNc2c(cnc3[nH]ccc23)N1. The third-order valence-corrected chi connectivity index (χ3v) is 2.29. The van der Waals surface area contributed by atoms with Gasteiger partial charge in [-0.05, 0) is 6.07 Å².